The van der Waals surface area contributed by atoms with E-state index in [1.54, 1.807) is 19.0 Å². The third-order valence-electron chi connectivity index (χ3n) is 1.95. The lowest BCUT2D eigenvalue weighted by Gasteiger charge is -2.07. The quantitative estimate of drug-likeness (QED) is 0.630. The fourth-order valence-electron chi connectivity index (χ4n) is 0.930. The number of carbonyl (C=O) groups excluding carboxylic acids is 1. The van der Waals surface area contributed by atoms with Crippen LogP contribution in [0.2, 0.25) is 0 Å². The summed E-state index contributed by atoms with van der Waals surface area (Å²) in [6.45, 7) is 8.19. The van der Waals surface area contributed by atoms with Gasteiger partial charge in [0.05, 0.1) is 0 Å². The van der Waals surface area contributed by atoms with Crippen molar-refractivity contribution in [3.05, 3.63) is 0 Å². The first kappa shape index (κ1) is 17.8. The van der Waals surface area contributed by atoms with Crippen molar-refractivity contribution in [2.75, 3.05) is 27.3 Å². The molecule has 0 aliphatic rings. The lowest BCUT2D eigenvalue weighted by molar-refractivity contribution is -0.128. The predicted octanol–water partition coefficient (Wildman–Crippen LogP) is 3.09. The van der Waals surface area contributed by atoms with Crippen LogP contribution < -0.4 is 0 Å². The number of rotatable bonds is 7. The normalized spacial score (nSPS) is 9.31. The average molecular weight is 231 g/mol. The summed E-state index contributed by atoms with van der Waals surface area (Å²) in [5, 5.41) is 0. The molecule has 0 radical (unpaired) electrons. The van der Waals surface area contributed by atoms with Crippen molar-refractivity contribution in [3.8, 4) is 0 Å². The maximum absolute atomic E-state index is 10.7. The molecule has 0 aromatic carbocycles. The van der Waals surface area contributed by atoms with Crippen molar-refractivity contribution in [1.29, 1.82) is 0 Å². The Hall–Kier alpha value is -0.570. The molecule has 0 N–H and O–H groups in total. The molecule has 0 fully saturated rings. The highest BCUT2D eigenvalue weighted by molar-refractivity contribution is 5.75. The van der Waals surface area contributed by atoms with E-state index in [0.717, 1.165) is 26.1 Å². The molecule has 16 heavy (non-hydrogen) atoms. The van der Waals surface area contributed by atoms with Crippen molar-refractivity contribution in [1.82, 2.24) is 4.90 Å². The lowest BCUT2D eigenvalue weighted by atomic mass is 10.3. The second-order valence-electron chi connectivity index (χ2n) is 4.00. The van der Waals surface area contributed by atoms with Gasteiger partial charge in [-0.05, 0) is 19.3 Å². The van der Waals surface area contributed by atoms with Crippen LogP contribution in [0.1, 0.15) is 52.9 Å². The van der Waals surface area contributed by atoms with E-state index in [-0.39, 0.29) is 5.91 Å². The third kappa shape index (κ3) is 15.9. The maximum atomic E-state index is 10.7. The van der Waals surface area contributed by atoms with Crippen LogP contribution in [0.15, 0.2) is 0 Å². The number of amides is 1. The minimum absolute atomic E-state index is 0.215. The SMILES string of the molecule is CCCC(=O)N(C)C.CCCCOCCC. The fraction of sp³-hybridized carbons (Fsp3) is 0.923. The highest BCUT2D eigenvalue weighted by Crippen LogP contribution is 1.89. The molecule has 0 unspecified atom stereocenters. The lowest BCUT2D eigenvalue weighted by Crippen LogP contribution is -2.20. The van der Waals surface area contributed by atoms with Gasteiger partial charge >= 0.3 is 0 Å². The Morgan fingerprint density at radius 2 is 1.62 bits per heavy atom. The first-order valence-corrected chi connectivity index (χ1v) is 6.37. The summed E-state index contributed by atoms with van der Waals surface area (Å²) < 4.78 is 5.22. The van der Waals surface area contributed by atoms with Gasteiger partial charge in [0.2, 0.25) is 5.91 Å². The molecule has 0 aromatic rings. The van der Waals surface area contributed by atoms with Crippen LogP contribution in [0.25, 0.3) is 0 Å². The van der Waals surface area contributed by atoms with E-state index in [2.05, 4.69) is 13.8 Å². The Kier molecular flexibility index (Phi) is 16.1. The van der Waals surface area contributed by atoms with Crippen LogP contribution in [-0.2, 0) is 9.53 Å². The highest BCUT2D eigenvalue weighted by atomic mass is 16.5. The summed E-state index contributed by atoms with van der Waals surface area (Å²) >= 11 is 0. The average Bonchev–Trinajstić information content (AvgIpc) is 2.26. The monoisotopic (exact) mass is 231 g/mol. The molecule has 0 aliphatic heterocycles. The molecule has 0 saturated heterocycles. The van der Waals surface area contributed by atoms with E-state index in [1.165, 1.54) is 12.8 Å². The second kappa shape index (κ2) is 14.4. The van der Waals surface area contributed by atoms with Crippen molar-refractivity contribution in [3.63, 3.8) is 0 Å². The molecule has 0 spiro atoms. The second-order valence-corrected chi connectivity index (χ2v) is 4.00. The molecular formula is C13H29NO2. The minimum Gasteiger partial charge on any atom is -0.381 e. The predicted molar refractivity (Wildman–Crippen MR) is 69.6 cm³/mol. The molecule has 98 valence electrons. The van der Waals surface area contributed by atoms with Crippen LogP contribution in [0.5, 0.6) is 0 Å². The molecule has 3 nitrogen and oxygen atoms in total. The van der Waals surface area contributed by atoms with E-state index < -0.39 is 0 Å². The van der Waals surface area contributed by atoms with E-state index in [0.29, 0.717) is 6.42 Å². The van der Waals surface area contributed by atoms with E-state index in [1.807, 2.05) is 6.92 Å². The van der Waals surface area contributed by atoms with Gasteiger partial charge in [-0.25, -0.2) is 0 Å². The topological polar surface area (TPSA) is 29.5 Å². The zero-order valence-corrected chi connectivity index (χ0v) is 11.7. The van der Waals surface area contributed by atoms with Gasteiger partial charge in [0.1, 0.15) is 0 Å². The van der Waals surface area contributed by atoms with Gasteiger partial charge in [0, 0.05) is 33.7 Å². The van der Waals surface area contributed by atoms with Gasteiger partial charge in [-0.2, -0.15) is 0 Å². The van der Waals surface area contributed by atoms with E-state index >= 15 is 0 Å². The molecule has 0 aromatic heterocycles. The van der Waals surface area contributed by atoms with Gasteiger partial charge in [0.25, 0.3) is 0 Å². The van der Waals surface area contributed by atoms with Crippen molar-refractivity contribution in [2.24, 2.45) is 0 Å². The maximum Gasteiger partial charge on any atom is 0.222 e. The molecule has 0 heterocycles. The first-order chi connectivity index (χ1) is 7.59. The smallest absolute Gasteiger partial charge is 0.222 e. The Morgan fingerprint density at radius 1 is 1.00 bits per heavy atom. The van der Waals surface area contributed by atoms with E-state index in [4.69, 9.17) is 4.74 Å². The van der Waals surface area contributed by atoms with Crippen LogP contribution in [0.3, 0.4) is 0 Å². The number of unbranched alkanes of at least 4 members (excludes halogenated alkanes) is 1. The summed E-state index contributed by atoms with van der Waals surface area (Å²) in [4.78, 5) is 12.3. The van der Waals surface area contributed by atoms with E-state index in [9.17, 15) is 4.79 Å². The highest BCUT2D eigenvalue weighted by Gasteiger charge is 1.98. The summed E-state index contributed by atoms with van der Waals surface area (Å²) in [5.41, 5.74) is 0. The number of ether oxygens (including phenoxy) is 1. The Labute approximate surface area is 101 Å². The summed E-state index contributed by atoms with van der Waals surface area (Å²) in [6.07, 6.45) is 5.21. The van der Waals surface area contributed by atoms with Crippen molar-refractivity contribution >= 4 is 5.91 Å². The third-order valence-corrected chi connectivity index (χ3v) is 1.95. The molecule has 0 rings (SSSR count). The fourth-order valence-corrected chi connectivity index (χ4v) is 0.930. The Morgan fingerprint density at radius 3 is 1.94 bits per heavy atom. The summed E-state index contributed by atoms with van der Waals surface area (Å²) in [6, 6.07) is 0. The minimum atomic E-state index is 0.215. The molecule has 0 bridgehead atoms. The van der Waals surface area contributed by atoms with Crippen molar-refractivity contribution in [2.45, 2.75) is 52.9 Å². The Bertz CT molecular complexity index is 141. The van der Waals surface area contributed by atoms with Crippen LogP contribution in [-0.4, -0.2) is 38.1 Å². The van der Waals surface area contributed by atoms with Crippen LogP contribution >= 0.6 is 0 Å². The molecule has 3 heteroatoms. The van der Waals surface area contributed by atoms with Gasteiger partial charge in [-0.3, -0.25) is 4.79 Å². The Balaban J connectivity index is 0. The molecule has 0 aliphatic carbocycles. The number of hydrogen-bond donors (Lipinski definition) is 0. The number of carbonyl (C=O) groups is 1. The van der Waals surface area contributed by atoms with Gasteiger partial charge < -0.3 is 9.64 Å². The zero-order chi connectivity index (χ0) is 12.8. The number of hydrogen-bond acceptors (Lipinski definition) is 2. The molecule has 1 amide bonds. The summed E-state index contributed by atoms with van der Waals surface area (Å²) in [7, 11) is 3.55. The van der Waals surface area contributed by atoms with Crippen LogP contribution in [0, 0.1) is 0 Å². The molecular weight excluding hydrogens is 202 g/mol. The zero-order valence-electron chi connectivity index (χ0n) is 11.7. The summed E-state index contributed by atoms with van der Waals surface area (Å²) in [5.74, 6) is 0.215. The standard InChI is InChI=1S/C7H16O.C6H13NO/c1-3-5-7-8-6-4-2;1-4-5-6(8)7(2)3/h3-7H2,1-2H3;4-5H2,1-3H3. The molecule has 0 atom stereocenters. The van der Waals surface area contributed by atoms with Crippen LogP contribution in [0.4, 0.5) is 0 Å². The molecule has 0 saturated carbocycles. The number of nitrogens with zero attached hydrogens (tertiary/aromatic N) is 1. The largest absolute Gasteiger partial charge is 0.381 e. The van der Waals surface area contributed by atoms with Gasteiger partial charge in [-0.1, -0.05) is 27.2 Å². The van der Waals surface area contributed by atoms with Gasteiger partial charge in [0.15, 0.2) is 0 Å². The van der Waals surface area contributed by atoms with Crippen molar-refractivity contribution < 1.29 is 9.53 Å². The first-order valence-electron chi connectivity index (χ1n) is 6.37. The van der Waals surface area contributed by atoms with Gasteiger partial charge in [-0.15, -0.1) is 0 Å².